The maximum Gasteiger partial charge on any atom is 0.328 e. The molecule has 2 N–H and O–H groups in total. The minimum Gasteiger partial charge on any atom is -0.273 e. The van der Waals surface area contributed by atoms with Gasteiger partial charge in [-0.1, -0.05) is 42.0 Å². The third-order valence-electron chi connectivity index (χ3n) is 2.39. The van der Waals surface area contributed by atoms with Crippen LogP contribution in [0.5, 0.6) is 0 Å². The number of rotatable bonds is 2. The van der Waals surface area contributed by atoms with E-state index < -0.39 is 17.8 Å². The monoisotopic (exact) mass is 276 g/mol. The van der Waals surface area contributed by atoms with Crippen molar-refractivity contribution >= 4 is 35.5 Å². The van der Waals surface area contributed by atoms with Crippen molar-refractivity contribution < 1.29 is 14.4 Å². The fourth-order valence-electron chi connectivity index (χ4n) is 1.48. The maximum atomic E-state index is 11.4. The summed E-state index contributed by atoms with van der Waals surface area (Å²) >= 11 is 5.95. The Morgan fingerprint density at radius 2 is 1.63 bits per heavy atom. The van der Waals surface area contributed by atoms with E-state index in [1.807, 2.05) is 16.7 Å². The van der Waals surface area contributed by atoms with Crippen LogP contribution >= 0.6 is 11.6 Å². The van der Waals surface area contributed by atoms with Gasteiger partial charge in [-0.3, -0.25) is 20.2 Å². The SMILES string of the molecule is O=C1NC(=O)C(=CC=Cc2ccccc2Cl)C(=O)N1. The van der Waals surface area contributed by atoms with Gasteiger partial charge in [0.05, 0.1) is 0 Å². The number of allylic oxidation sites excluding steroid dienone is 2. The number of benzene rings is 1. The molecule has 1 heterocycles. The summed E-state index contributed by atoms with van der Waals surface area (Å²) in [7, 11) is 0. The lowest BCUT2D eigenvalue weighted by Gasteiger charge is -2.12. The molecule has 0 spiro atoms. The van der Waals surface area contributed by atoms with Crippen LogP contribution in [0.15, 0.2) is 42.0 Å². The van der Waals surface area contributed by atoms with Crippen LogP contribution in [0.25, 0.3) is 6.08 Å². The second kappa shape index (κ2) is 5.49. The van der Waals surface area contributed by atoms with E-state index in [1.54, 1.807) is 24.3 Å². The minimum absolute atomic E-state index is 0.136. The Morgan fingerprint density at radius 3 is 2.26 bits per heavy atom. The summed E-state index contributed by atoms with van der Waals surface area (Å²) in [4.78, 5) is 33.6. The lowest BCUT2D eigenvalue weighted by Crippen LogP contribution is -2.51. The first-order chi connectivity index (χ1) is 9.08. The van der Waals surface area contributed by atoms with Gasteiger partial charge in [-0.2, -0.15) is 0 Å². The summed E-state index contributed by atoms with van der Waals surface area (Å²) in [5.74, 6) is -1.45. The van der Waals surface area contributed by atoms with E-state index in [1.165, 1.54) is 12.2 Å². The summed E-state index contributed by atoms with van der Waals surface area (Å²) in [6.45, 7) is 0. The van der Waals surface area contributed by atoms with Crippen molar-refractivity contribution in [2.24, 2.45) is 0 Å². The molecule has 2 rings (SSSR count). The quantitative estimate of drug-likeness (QED) is 0.637. The minimum atomic E-state index is -0.817. The van der Waals surface area contributed by atoms with Crippen LogP contribution in [0.1, 0.15) is 5.56 Å². The topological polar surface area (TPSA) is 75.3 Å². The highest BCUT2D eigenvalue weighted by Crippen LogP contribution is 2.16. The van der Waals surface area contributed by atoms with Crippen molar-refractivity contribution in [1.82, 2.24) is 10.6 Å². The average molecular weight is 277 g/mol. The van der Waals surface area contributed by atoms with Gasteiger partial charge in [-0.15, -0.1) is 0 Å². The highest BCUT2D eigenvalue weighted by atomic mass is 35.5. The molecule has 0 bridgehead atoms. The van der Waals surface area contributed by atoms with Crippen LogP contribution in [0.2, 0.25) is 5.02 Å². The normalized spacial score (nSPS) is 15.4. The number of urea groups is 1. The van der Waals surface area contributed by atoms with Gasteiger partial charge in [0.15, 0.2) is 0 Å². The number of barbiturate groups is 1. The van der Waals surface area contributed by atoms with Gasteiger partial charge in [-0.25, -0.2) is 4.79 Å². The fraction of sp³-hybridized carbons (Fsp3) is 0. The van der Waals surface area contributed by atoms with Gasteiger partial charge in [0.25, 0.3) is 11.8 Å². The number of carbonyl (C=O) groups excluding carboxylic acids is 3. The zero-order valence-corrected chi connectivity index (χ0v) is 10.4. The first-order valence-electron chi connectivity index (χ1n) is 5.37. The Balaban J connectivity index is 2.18. The van der Waals surface area contributed by atoms with Crippen molar-refractivity contribution in [2.45, 2.75) is 0 Å². The van der Waals surface area contributed by atoms with Gasteiger partial charge in [0.2, 0.25) is 0 Å². The molecule has 1 saturated heterocycles. The van der Waals surface area contributed by atoms with Crippen LogP contribution in [-0.2, 0) is 9.59 Å². The Morgan fingerprint density at radius 1 is 1.00 bits per heavy atom. The number of halogens is 1. The first kappa shape index (κ1) is 13.0. The number of hydrogen-bond acceptors (Lipinski definition) is 3. The zero-order chi connectivity index (χ0) is 13.8. The van der Waals surface area contributed by atoms with Crippen LogP contribution in [0.4, 0.5) is 4.79 Å². The summed E-state index contributed by atoms with van der Waals surface area (Å²) in [5.41, 5.74) is 0.622. The van der Waals surface area contributed by atoms with Crippen molar-refractivity contribution in [3.63, 3.8) is 0 Å². The molecule has 4 amide bonds. The average Bonchev–Trinajstić information content (AvgIpc) is 2.34. The highest BCUT2D eigenvalue weighted by Gasteiger charge is 2.26. The lowest BCUT2D eigenvalue weighted by atomic mass is 10.1. The van der Waals surface area contributed by atoms with Crippen LogP contribution < -0.4 is 10.6 Å². The Kier molecular flexibility index (Phi) is 3.77. The molecule has 1 fully saturated rings. The molecule has 6 heteroatoms. The number of carbonyl (C=O) groups is 3. The molecule has 5 nitrogen and oxygen atoms in total. The maximum absolute atomic E-state index is 11.4. The predicted molar refractivity (Wildman–Crippen MR) is 70.3 cm³/mol. The lowest BCUT2D eigenvalue weighted by molar-refractivity contribution is -0.124. The molecule has 1 aliphatic rings. The van der Waals surface area contributed by atoms with Crippen LogP contribution in [0, 0.1) is 0 Å². The molecule has 0 saturated carbocycles. The van der Waals surface area contributed by atoms with Crippen molar-refractivity contribution in [1.29, 1.82) is 0 Å². The van der Waals surface area contributed by atoms with E-state index in [2.05, 4.69) is 0 Å². The van der Waals surface area contributed by atoms with E-state index in [9.17, 15) is 14.4 Å². The molecular formula is C13H9ClN2O3. The van der Waals surface area contributed by atoms with Gasteiger partial charge >= 0.3 is 6.03 Å². The molecule has 1 aliphatic heterocycles. The summed E-state index contributed by atoms with van der Waals surface area (Å²) in [5, 5.41) is 4.52. The zero-order valence-electron chi connectivity index (χ0n) is 9.64. The molecule has 0 aromatic heterocycles. The van der Waals surface area contributed by atoms with Gasteiger partial charge in [0.1, 0.15) is 5.57 Å². The van der Waals surface area contributed by atoms with E-state index in [0.717, 1.165) is 5.56 Å². The number of amides is 4. The van der Waals surface area contributed by atoms with Crippen LogP contribution in [0.3, 0.4) is 0 Å². The molecule has 1 aromatic carbocycles. The molecule has 19 heavy (non-hydrogen) atoms. The molecule has 96 valence electrons. The predicted octanol–water partition coefficient (Wildman–Crippen LogP) is 1.65. The van der Waals surface area contributed by atoms with Gasteiger partial charge in [-0.05, 0) is 17.7 Å². The number of nitrogens with one attached hydrogen (secondary N) is 2. The van der Waals surface area contributed by atoms with Crippen LogP contribution in [-0.4, -0.2) is 17.8 Å². The number of hydrogen-bond donors (Lipinski definition) is 2. The summed E-state index contributed by atoms with van der Waals surface area (Å²) < 4.78 is 0. The van der Waals surface area contributed by atoms with Crippen molar-refractivity contribution in [3.8, 4) is 0 Å². The van der Waals surface area contributed by atoms with Gasteiger partial charge < -0.3 is 0 Å². The molecule has 0 radical (unpaired) electrons. The fourth-order valence-corrected chi connectivity index (χ4v) is 1.68. The summed E-state index contributed by atoms with van der Waals surface area (Å²) in [6, 6.07) is 6.32. The second-order valence-corrected chi connectivity index (χ2v) is 4.11. The molecule has 1 aromatic rings. The Hall–Kier alpha value is -2.40. The Labute approximate surface area is 113 Å². The smallest absolute Gasteiger partial charge is 0.273 e. The third kappa shape index (κ3) is 3.08. The van der Waals surface area contributed by atoms with E-state index in [-0.39, 0.29) is 5.57 Å². The second-order valence-electron chi connectivity index (χ2n) is 3.70. The van der Waals surface area contributed by atoms with Crippen molar-refractivity contribution in [2.75, 3.05) is 0 Å². The standard InChI is InChI=1S/C13H9ClN2O3/c14-10-7-2-1-4-8(10)5-3-6-9-11(17)15-13(19)16-12(9)18/h1-7H,(H2,15,16,17,18,19). The highest BCUT2D eigenvalue weighted by molar-refractivity contribution is 6.32. The molecule has 0 unspecified atom stereocenters. The first-order valence-corrected chi connectivity index (χ1v) is 5.75. The molecular weight excluding hydrogens is 268 g/mol. The number of imide groups is 2. The molecule has 0 aliphatic carbocycles. The molecule has 0 atom stereocenters. The van der Waals surface area contributed by atoms with E-state index >= 15 is 0 Å². The summed E-state index contributed by atoms with van der Waals surface area (Å²) in [6.07, 6.45) is 4.50. The van der Waals surface area contributed by atoms with Crippen molar-refractivity contribution in [3.05, 3.63) is 52.6 Å². The van der Waals surface area contributed by atoms with E-state index in [4.69, 9.17) is 11.6 Å². The Bertz CT molecular complexity index is 598. The van der Waals surface area contributed by atoms with Gasteiger partial charge in [0, 0.05) is 5.02 Å². The third-order valence-corrected chi connectivity index (χ3v) is 2.73. The van der Waals surface area contributed by atoms with E-state index in [0.29, 0.717) is 5.02 Å². The largest absolute Gasteiger partial charge is 0.328 e.